The molecule has 3 nitrogen and oxygen atoms in total. The van der Waals surface area contributed by atoms with Gasteiger partial charge < -0.3 is 4.18 Å². The second kappa shape index (κ2) is 4.87. The topological polar surface area (TPSA) is 43.4 Å². The van der Waals surface area contributed by atoms with E-state index in [1.54, 1.807) is 30.3 Å². The molecule has 0 amide bonds. The number of para-hydroxylation sites is 1. The van der Waals surface area contributed by atoms with Gasteiger partial charge in [-0.15, -0.1) is 0 Å². The third kappa shape index (κ3) is 4.77. The van der Waals surface area contributed by atoms with E-state index in [4.69, 9.17) is 0 Å². The zero-order chi connectivity index (χ0) is 8.32. The van der Waals surface area contributed by atoms with Crippen LogP contribution in [0.5, 0.6) is 5.75 Å². The molecule has 0 saturated carbocycles. The summed E-state index contributed by atoms with van der Waals surface area (Å²) in [7, 11) is -3.38. The molecule has 0 unspecified atom stereocenters. The Balaban J connectivity index is 0.00000121. The van der Waals surface area contributed by atoms with E-state index in [1.807, 2.05) is 0 Å². The summed E-state index contributed by atoms with van der Waals surface area (Å²) in [5.74, 6) is 0.343. The molecule has 0 atom stereocenters. The first kappa shape index (κ1) is 12.0. The first-order valence-electron chi connectivity index (χ1n) is 3.02. The van der Waals surface area contributed by atoms with Crippen molar-refractivity contribution in [3.8, 4) is 5.75 Å². The van der Waals surface area contributed by atoms with E-state index in [0.717, 1.165) is 6.26 Å². The average molecular weight is 196 g/mol. The average Bonchev–Trinajstić information content (AvgIpc) is 1.85. The van der Waals surface area contributed by atoms with Gasteiger partial charge in [0.2, 0.25) is 0 Å². The first-order chi connectivity index (χ1) is 5.08. The van der Waals surface area contributed by atoms with E-state index in [1.165, 1.54) is 0 Å². The Hall–Kier alpha value is -0.0300. The van der Waals surface area contributed by atoms with Gasteiger partial charge in [-0.25, -0.2) is 0 Å². The van der Waals surface area contributed by atoms with Crippen molar-refractivity contribution in [2.45, 2.75) is 0 Å². The van der Waals surface area contributed by atoms with Gasteiger partial charge in [-0.2, -0.15) is 8.42 Å². The second-order valence-corrected chi connectivity index (χ2v) is 3.68. The van der Waals surface area contributed by atoms with Crippen LogP contribution >= 0.6 is 0 Å². The maximum atomic E-state index is 10.6. The van der Waals surface area contributed by atoms with Gasteiger partial charge in [-0.3, -0.25) is 0 Å². The Morgan fingerprint density at radius 2 is 1.67 bits per heavy atom. The fourth-order valence-electron chi connectivity index (χ4n) is 0.651. The van der Waals surface area contributed by atoms with Gasteiger partial charge in [0.05, 0.1) is 6.26 Å². The van der Waals surface area contributed by atoms with Gasteiger partial charge in [0.1, 0.15) is 5.75 Å². The molecule has 1 rings (SSSR count). The standard InChI is InChI=1S/C7H8O3S.Na.H/c1-11(8,9)10-7-5-3-2-4-6-7;;/h2-6H,1H3;;. The summed E-state index contributed by atoms with van der Waals surface area (Å²) in [6, 6.07) is 8.37. The monoisotopic (exact) mass is 196 g/mol. The first-order valence-corrected chi connectivity index (χ1v) is 4.84. The van der Waals surface area contributed by atoms with E-state index in [-0.39, 0.29) is 29.6 Å². The minimum atomic E-state index is -3.38. The molecule has 0 radical (unpaired) electrons. The van der Waals surface area contributed by atoms with Gasteiger partial charge in [0.15, 0.2) is 0 Å². The second-order valence-electron chi connectivity index (χ2n) is 2.10. The Bertz CT molecular complexity index is 320. The van der Waals surface area contributed by atoms with Crippen LogP contribution in [0.4, 0.5) is 0 Å². The van der Waals surface area contributed by atoms with E-state index in [0.29, 0.717) is 5.75 Å². The third-order valence-electron chi connectivity index (χ3n) is 0.991. The molecule has 0 N–H and O–H groups in total. The Labute approximate surface area is 94.2 Å². The van der Waals surface area contributed by atoms with Crippen LogP contribution in [0.25, 0.3) is 0 Å². The predicted octanol–water partition coefficient (Wildman–Crippen LogP) is 0.377. The van der Waals surface area contributed by atoms with Gasteiger partial charge in [0, 0.05) is 0 Å². The molecule has 0 bridgehead atoms. The number of benzene rings is 1. The molecule has 12 heavy (non-hydrogen) atoms. The fourth-order valence-corrected chi connectivity index (χ4v) is 1.11. The Morgan fingerprint density at radius 1 is 1.17 bits per heavy atom. The van der Waals surface area contributed by atoms with E-state index in [9.17, 15) is 8.42 Å². The summed E-state index contributed by atoms with van der Waals surface area (Å²) in [5, 5.41) is 0. The molecular formula is C7H9NaO3S. The van der Waals surface area contributed by atoms with Crippen molar-refractivity contribution in [3.05, 3.63) is 30.3 Å². The van der Waals surface area contributed by atoms with Crippen LogP contribution in [-0.2, 0) is 10.1 Å². The summed E-state index contributed by atoms with van der Waals surface area (Å²) in [4.78, 5) is 0. The van der Waals surface area contributed by atoms with Crippen molar-refractivity contribution >= 4 is 39.7 Å². The summed E-state index contributed by atoms with van der Waals surface area (Å²) in [5.41, 5.74) is 0. The molecule has 0 aromatic heterocycles. The molecule has 0 heterocycles. The SMILES string of the molecule is CS(=O)(=O)Oc1ccccc1.[NaH]. The molecule has 0 aliphatic carbocycles. The zero-order valence-corrected chi connectivity index (χ0v) is 6.84. The van der Waals surface area contributed by atoms with Crippen LogP contribution in [0.2, 0.25) is 0 Å². The molecular weight excluding hydrogens is 187 g/mol. The molecule has 1 aromatic rings. The van der Waals surface area contributed by atoms with Gasteiger partial charge in [0.25, 0.3) is 0 Å². The van der Waals surface area contributed by atoms with Crippen LogP contribution in [0.3, 0.4) is 0 Å². The molecule has 1 aromatic carbocycles. The summed E-state index contributed by atoms with van der Waals surface area (Å²) < 4.78 is 25.7. The van der Waals surface area contributed by atoms with E-state index >= 15 is 0 Å². The quantitative estimate of drug-likeness (QED) is 0.507. The molecule has 0 fully saturated rings. The minimum absolute atomic E-state index is 0. The molecule has 0 aliphatic heterocycles. The van der Waals surface area contributed by atoms with Gasteiger partial charge in [-0.1, -0.05) is 18.2 Å². The summed E-state index contributed by atoms with van der Waals surface area (Å²) in [6.07, 6.45) is 1.01. The number of hydrogen-bond acceptors (Lipinski definition) is 3. The van der Waals surface area contributed by atoms with Crippen molar-refractivity contribution in [1.29, 1.82) is 0 Å². The van der Waals surface area contributed by atoms with Crippen molar-refractivity contribution in [2.24, 2.45) is 0 Å². The van der Waals surface area contributed by atoms with Crippen LogP contribution in [0.15, 0.2) is 30.3 Å². The van der Waals surface area contributed by atoms with Crippen molar-refractivity contribution in [1.82, 2.24) is 0 Å². The zero-order valence-electron chi connectivity index (χ0n) is 6.02. The summed E-state index contributed by atoms with van der Waals surface area (Å²) in [6.45, 7) is 0. The molecule has 0 saturated heterocycles. The Morgan fingerprint density at radius 3 is 2.08 bits per heavy atom. The Kier molecular flexibility index (Phi) is 4.85. The number of rotatable bonds is 2. The molecule has 5 heteroatoms. The normalized spacial score (nSPS) is 10.1. The van der Waals surface area contributed by atoms with Crippen molar-refractivity contribution in [2.75, 3.05) is 6.26 Å². The van der Waals surface area contributed by atoms with Crippen molar-refractivity contribution in [3.63, 3.8) is 0 Å². The van der Waals surface area contributed by atoms with Crippen LogP contribution < -0.4 is 4.18 Å². The van der Waals surface area contributed by atoms with Crippen LogP contribution in [0.1, 0.15) is 0 Å². The maximum absolute atomic E-state index is 10.6. The summed E-state index contributed by atoms with van der Waals surface area (Å²) >= 11 is 0. The van der Waals surface area contributed by atoms with Crippen LogP contribution in [0, 0.1) is 0 Å². The van der Waals surface area contributed by atoms with E-state index < -0.39 is 10.1 Å². The van der Waals surface area contributed by atoms with Crippen molar-refractivity contribution < 1.29 is 12.6 Å². The number of hydrogen-bond donors (Lipinski definition) is 0. The van der Waals surface area contributed by atoms with Gasteiger partial charge >= 0.3 is 39.7 Å². The van der Waals surface area contributed by atoms with Crippen LogP contribution in [-0.4, -0.2) is 44.2 Å². The van der Waals surface area contributed by atoms with E-state index in [2.05, 4.69) is 4.18 Å². The molecule has 0 spiro atoms. The fraction of sp³-hybridized carbons (Fsp3) is 0.143. The van der Waals surface area contributed by atoms with Gasteiger partial charge in [-0.05, 0) is 12.1 Å². The molecule has 62 valence electrons. The third-order valence-corrected chi connectivity index (χ3v) is 1.49. The predicted molar refractivity (Wildman–Crippen MR) is 49.1 cm³/mol. The molecule has 0 aliphatic rings.